The van der Waals surface area contributed by atoms with Crippen LogP contribution in [0.4, 0.5) is 21.0 Å². The van der Waals surface area contributed by atoms with E-state index < -0.39 is 12.2 Å². The maximum atomic E-state index is 11.8. The zero-order chi connectivity index (χ0) is 15.9. The fourth-order valence-corrected chi connectivity index (χ4v) is 1.77. The number of amides is 2. The fraction of sp³-hybridized carbons (Fsp3) is 0.125. The summed E-state index contributed by atoms with van der Waals surface area (Å²) in [6, 6.07) is 13.8. The van der Waals surface area contributed by atoms with E-state index in [-0.39, 0.29) is 0 Å². The Morgan fingerprint density at radius 1 is 0.909 bits per heavy atom. The Labute approximate surface area is 128 Å². The van der Waals surface area contributed by atoms with E-state index in [4.69, 9.17) is 4.74 Å². The van der Waals surface area contributed by atoms with Gasteiger partial charge in [0.05, 0.1) is 7.11 Å². The number of aryl methyl sites for hydroxylation is 1. The molecule has 6 heteroatoms. The number of nitrogens with one attached hydrogen (secondary N) is 2. The van der Waals surface area contributed by atoms with Crippen LogP contribution in [0.5, 0.6) is 5.75 Å². The van der Waals surface area contributed by atoms with Gasteiger partial charge in [0.15, 0.2) is 0 Å². The molecule has 0 aliphatic rings. The van der Waals surface area contributed by atoms with Gasteiger partial charge in [-0.25, -0.2) is 9.59 Å². The molecule has 0 aliphatic heterocycles. The molecule has 0 saturated heterocycles. The van der Waals surface area contributed by atoms with Gasteiger partial charge < -0.3 is 9.47 Å². The average molecular weight is 300 g/mol. The Hall–Kier alpha value is -3.02. The number of anilines is 2. The first-order chi connectivity index (χ1) is 10.6. The molecule has 0 fully saturated rings. The number of hydrogen-bond donors (Lipinski definition) is 2. The third-order valence-corrected chi connectivity index (χ3v) is 2.74. The topological polar surface area (TPSA) is 76.7 Å². The predicted molar refractivity (Wildman–Crippen MR) is 83.3 cm³/mol. The van der Waals surface area contributed by atoms with Gasteiger partial charge in [-0.3, -0.25) is 10.6 Å². The molecule has 2 aromatic carbocycles. The van der Waals surface area contributed by atoms with Gasteiger partial charge in [0.2, 0.25) is 0 Å². The number of carbonyl (C=O) groups excluding carboxylic acids is 2. The van der Waals surface area contributed by atoms with Crippen LogP contribution in [0.2, 0.25) is 0 Å². The van der Waals surface area contributed by atoms with Crippen molar-refractivity contribution < 1.29 is 19.1 Å². The number of methoxy groups -OCH3 is 1. The molecule has 0 saturated carbocycles. The van der Waals surface area contributed by atoms with Crippen molar-refractivity contribution in [3.8, 4) is 5.75 Å². The van der Waals surface area contributed by atoms with Gasteiger partial charge in [-0.05, 0) is 42.8 Å². The van der Waals surface area contributed by atoms with Crippen LogP contribution in [0.3, 0.4) is 0 Å². The molecule has 0 bridgehead atoms. The van der Waals surface area contributed by atoms with Crippen LogP contribution in [-0.2, 0) is 4.74 Å². The van der Waals surface area contributed by atoms with Crippen LogP contribution < -0.4 is 15.4 Å². The first-order valence-electron chi connectivity index (χ1n) is 6.57. The number of hydrogen-bond acceptors (Lipinski definition) is 4. The van der Waals surface area contributed by atoms with Crippen molar-refractivity contribution in [2.75, 3.05) is 17.7 Å². The lowest BCUT2D eigenvalue weighted by atomic mass is 10.2. The molecule has 0 spiro atoms. The summed E-state index contributed by atoms with van der Waals surface area (Å²) in [5.74, 6) is 0.460. The maximum Gasteiger partial charge on any atom is 0.417 e. The zero-order valence-corrected chi connectivity index (χ0v) is 12.3. The molecule has 2 aromatic rings. The standard InChI is InChI=1S/C16H16N2O4/c1-11-5-3-8-14(9-11)22-16(20)18-13-7-4-6-12(10-13)17-15(19)21-2/h3-10H,1-2H3,(H,17,19)(H,18,20). The molecule has 0 atom stereocenters. The van der Waals surface area contributed by atoms with E-state index in [0.29, 0.717) is 17.1 Å². The lowest BCUT2D eigenvalue weighted by Gasteiger charge is -2.09. The normalized spacial score (nSPS) is 9.73. The molecule has 2 N–H and O–H groups in total. The smallest absolute Gasteiger partial charge is 0.417 e. The first-order valence-corrected chi connectivity index (χ1v) is 6.57. The van der Waals surface area contributed by atoms with E-state index in [1.54, 1.807) is 42.5 Å². The highest BCUT2D eigenvalue weighted by atomic mass is 16.6. The van der Waals surface area contributed by atoms with Crippen molar-refractivity contribution in [2.24, 2.45) is 0 Å². The molecule has 2 rings (SSSR count). The summed E-state index contributed by atoms with van der Waals surface area (Å²) in [7, 11) is 1.27. The highest BCUT2D eigenvalue weighted by Gasteiger charge is 2.07. The van der Waals surface area contributed by atoms with E-state index in [9.17, 15) is 9.59 Å². The molecule has 6 nitrogen and oxygen atoms in total. The minimum atomic E-state index is -0.610. The second-order valence-corrected chi connectivity index (χ2v) is 4.53. The lowest BCUT2D eigenvalue weighted by Crippen LogP contribution is -2.17. The fourth-order valence-electron chi connectivity index (χ4n) is 1.77. The van der Waals surface area contributed by atoms with Gasteiger partial charge in [0.25, 0.3) is 0 Å². The Morgan fingerprint density at radius 2 is 1.55 bits per heavy atom. The monoisotopic (exact) mass is 300 g/mol. The minimum Gasteiger partial charge on any atom is -0.453 e. The van der Waals surface area contributed by atoms with E-state index in [1.807, 2.05) is 13.0 Å². The summed E-state index contributed by atoms with van der Waals surface area (Å²) < 4.78 is 9.68. The van der Waals surface area contributed by atoms with Crippen LogP contribution in [0.1, 0.15) is 5.56 Å². The second kappa shape index (κ2) is 7.12. The molecule has 0 aromatic heterocycles. The van der Waals surface area contributed by atoms with Crippen molar-refractivity contribution in [2.45, 2.75) is 6.92 Å². The van der Waals surface area contributed by atoms with Gasteiger partial charge in [0, 0.05) is 11.4 Å². The van der Waals surface area contributed by atoms with Gasteiger partial charge in [-0.15, -0.1) is 0 Å². The largest absolute Gasteiger partial charge is 0.453 e. The van der Waals surface area contributed by atoms with Gasteiger partial charge in [-0.1, -0.05) is 18.2 Å². The zero-order valence-electron chi connectivity index (χ0n) is 12.3. The molecule has 2 amide bonds. The molecule has 22 heavy (non-hydrogen) atoms. The second-order valence-electron chi connectivity index (χ2n) is 4.53. The third-order valence-electron chi connectivity index (χ3n) is 2.74. The maximum absolute atomic E-state index is 11.8. The molecular weight excluding hydrogens is 284 g/mol. The minimum absolute atomic E-state index is 0.460. The summed E-state index contributed by atoms with van der Waals surface area (Å²) in [4.78, 5) is 23.0. The molecular formula is C16H16N2O4. The van der Waals surface area contributed by atoms with E-state index in [1.165, 1.54) is 7.11 Å². The lowest BCUT2D eigenvalue weighted by molar-refractivity contribution is 0.187. The SMILES string of the molecule is COC(=O)Nc1cccc(NC(=O)Oc2cccc(C)c2)c1. The summed E-state index contributed by atoms with van der Waals surface area (Å²) in [6.07, 6.45) is -1.19. The van der Waals surface area contributed by atoms with Gasteiger partial charge in [0.1, 0.15) is 5.75 Å². The van der Waals surface area contributed by atoms with Crippen LogP contribution in [-0.4, -0.2) is 19.3 Å². The highest BCUT2D eigenvalue weighted by molar-refractivity contribution is 5.89. The number of rotatable bonds is 3. The number of carbonyl (C=O) groups is 2. The summed E-state index contributed by atoms with van der Waals surface area (Å²) >= 11 is 0. The highest BCUT2D eigenvalue weighted by Crippen LogP contribution is 2.17. The van der Waals surface area contributed by atoms with Crippen molar-refractivity contribution in [3.05, 3.63) is 54.1 Å². The van der Waals surface area contributed by atoms with Crippen molar-refractivity contribution in [3.63, 3.8) is 0 Å². The van der Waals surface area contributed by atoms with Crippen LogP contribution in [0.15, 0.2) is 48.5 Å². The van der Waals surface area contributed by atoms with Gasteiger partial charge in [-0.2, -0.15) is 0 Å². The first kappa shape index (κ1) is 15.4. The Balaban J connectivity index is 1.99. The predicted octanol–water partition coefficient (Wildman–Crippen LogP) is 3.78. The number of ether oxygens (including phenoxy) is 2. The van der Waals surface area contributed by atoms with Crippen LogP contribution in [0, 0.1) is 6.92 Å². The van der Waals surface area contributed by atoms with E-state index in [2.05, 4.69) is 15.4 Å². The molecule has 114 valence electrons. The summed E-state index contributed by atoms with van der Waals surface area (Å²) in [6.45, 7) is 1.91. The van der Waals surface area contributed by atoms with Gasteiger partial charge >= 0.3 is 12.2 Å². The summed E-state index contributed by atoms with van der Waals surface area (Å²) in [5, 5.41) is 5.10. The van der Waals surface area contributed by atoms with E-state index in [0.717, 1.165) is 5.56 Å². The average Bonchev–Trinajstić information content (AvgIpc) is 2.47. The Morgan fingerprint density at radius 3 is 2.18 bits per heavy atom. The Bertz CT molecular complexity index is 685. The number of benzene rings is 2. The molecule has 0 heterocycles. The molecule has 0 radical (unpaired) electrons. The third kappa shape index (κ3) is 4.52. The van der Waals surface area contributed by atoms with Crippen LogP contribution >= 0.6 is 0 Å². The van der Waals surface area contributed by atoms with Crippen molar-refractivity contribution in [1.29, 1.82) is 0 Å². The van der Waals surface area contributed by atoms with E-state index >= 15 is 0 Å². The van der Waals surface area contributed by atoms with Crippen molar-refractivity contribution >= 4 is 23.6 Å². The van der Waals surface area contributed by atoms with Crippen LogP contribution in [0.25, 0.3) is 0 Å². The quantitative estimate of drug-likeness (QED) is 0.904. The molecule has 0 aliphatic carbocycles. The summed E-state index contributed by atoms with van der Waals surface area (Å²) in [5.41, 5.74) is 1.99. The Kier molecular flexibility index (Phi) is 4.98. The molecule has 0 unspecified atom stereocenters. The van der Waals surface area contributed by atoms with Crippen molar-refractivity contribution in [1.82, 2.24) is 0 Å².